The normalized spacial score (nSPS) is 10.6. The predicted molar refractivity (Wildman–Crippen MR) is 130 cm³/mol. The maximum Gasteiger partial charge on any atom is 0.338 e. The number of para-hydroxylation sites is 2. The molecule has 0 spiro atoms. The summed E-state index contributed by atoms with van der Waals surface area (Å²) in [4.78, 5) is 24.5. The van der Waals surface area contributed by atoms with E-state index in [9.17, 15) is 9.59 Å². The molecule has 34 heavy (non-hydrogen) atoms. The number of carbonyl (C=O) groups is 2. The SMILES string of the molecule is CCOC(=O)c1ccc(Cl)c(NC(=O)CSc2nnc(COc3ccccc3OC)n2CC)c1. The van der Waals surface area contributed by atoms with Crippen LogP contribution in [0.5, 0.6) is 11.5 Å². The maximum absolute atomic E-state index is 12.5. The van der Waals surface area contributed by atoms with Crippen molar-refractivity contribution in [1.82, 2.24) is 14.8 Å². The molecule has 0 aliphatic rings. The fraction of sp³-hybridized carbons (Fsp3) is 0.304. The van der Waals surface area contributed by atoms with Crippen molar-refractivity contribution < 1.29 is 23.8 Å². The van der Waals surface area contributed by atoms with E-state index in [1.54, 1.807) is 20.1 Å². The van der Waals surface area contributed by atoms with Gasteiger partial charge in [-0.25, -0.2) is 4.79 Å². The van der Waals surface area contributed by atoms with Crippen molar-refractivity contribution in [2.45, 2.75) is 32.2 Å². The molecule has 11 heteroatoms. The number of nitrogens with zero attached hydrogens (tertiary/aromatic N) is 3. The van der Waals surface area contributed by atoms with E-state index in [1.807, 2.05) is 35.8 Å². The zero-order valence-electron chi connectivity index (χ0n) is 19.0. The van der Waals surface area contributed by atoms with Gasteiger partial charge < -0.3 is 24.1 Å². The summed E-state index contributed by atoms with van der Waals surface area (Å²) in [6.45, 7) is 4.74. The Morgan fingerprint density at radius 3 is 2.59 bits per heavy atom. The molecule has 3 rings (SSSR count). The molecule has 0 atom stereocenters. The summed E-state index contributed by atoms with van der Waals surface area (Å²) < 4.78 is 18.0. The van der Waals surface area contributed by atoms with E-state index >= 15 is 0 Å². The van der Waals surface area contributed by atoms with Crippen LogP contribution in [0.2, 0.25) is 5.02 Å². The maximum atomic E-state index is 12.5. The Morgan fingerprint density at radius 2 is 1.88 bits per heavy atom. The first-order valence-corrected chi connectivity index (χ1v) is 11.9. The molecule has 9 nitrogen and oxygen atoms in total. The first-order chi connectivity index (χ1) is 16.5. The molecule has 0 aliphatic carbocycles. The van der Waals surface area contributed by atoms with E-state index in [0.29, 0.717) is 45.3 Å². The number of amides is 1. The average Bonchev–Trinajstić information content (AvgIpc) is 3.24. The summed E-state index contributed by atoms with van der Waals surface area (Å²) >= 11 is 7.41. The van der Waals surface area contributed by atoms with Crippen LogP contribution in [0.3, 0.4) is 0 Å². The van der Waals surface area contributed by atoms with Crippen LogP contribution in [0, 0.1) is 0 Å². The van der Waals surface area contributed by atoms with Crippen molar-refractivity contribution in [1.29, 1.82) is 0 Å². The largest absolute Gasteiger partial charge is 0.493 e. The number of esters is 1. The van der Waals surface area contributed by atoms with Gasteiger partial charge >= 0.3 is 5.97 Å². The minimum absolute atomic E-state index is 0.0749. The Kier molecular flexibility index (Phi) is 9.17. The van der Waals surface area contributed by atoms with Gasteiger partial charge in [0, 0.05) is 6.54 Å². The third kappa shape index (κ3) is 6.42. The molecule has 1 aromatic heterocycles. The number of rotatable bonds is 11. The van der Waals surface area contributed by atoms with Crippen molar-refractivity contribution in [2.75, 3.05) is 24.8 Å². The number of ether oxygens (including phenoxy) is 3. The van der Waals surface area contributed by atoms with Crippen LogP contribution in [-0.4, -0.2) is 46.1 Å². The zero-order chi connectivity index (χ0) is 24.5. The third-order valence-corrected chi connectivity index (χ3v) is 5.92. The predicted octanol–water partition coefficient (Wildman–Crippen LogP) is 4.45. The van der Waals surface area contributed by atoms with E-state index < -0.39 is 5.97 Å². The Hall–Kier alpha value is -3.24. The summed E-state index contributed by atoms with van der Waals surface area (Å²) in [5.74, 6) is 1.15. The van der Waals surface area contributed by atoms with Gasteiger partial charge in [-0.2, -0.15) is 0 Å². The Morgan fingerprint density at radius 1 is 1.12 bits per heavy atom. The van der Waals surface area contributed by atoms with Gasteiger partial charge in [-0.15, -0.1) is 10.2 Å². The van der Waals surface area contributed by atoms with E-state index in [0.717, 1.165) is 0 Å². The highest BCUT2D eigenvalue weighted by Gasteiger charge is 2.16. The fourth-order valence-corrected chi connectivity index (χ4v) is 4.00. The lowest BCUT2D eigenvalue weighted by atomic mass is 10.2. The first-order valence-electron chi connectivity index (χ1n) is 10.5. The Labute approximate surface area is 206 Å². The van der Waals surface area contributed by atoms with Gasteiger partial charge in [0.05, 0.1) is 35.7 Å². The number of anilines is 1. The van der Waals surface area contributed by atoms with Gasteiger partial charge in [-0.3, -0.25) is 4.79 Å². The number of aromatic nitrogens is 3. The lowest BCUT2D eigenvalue weighted by Crippen LogP contribution is -2.16. The summed E-state index contributed by atoms with van der Waals surface area (Å²) in [7, 11) is 1.58. The molecule has 1 N–H and O–H groups in total. The quantitative estimate of drug-likeness (QED) is 0.302. The highest BCUT2D eigenvalue weighted by molar-refractivity contribution is 7.99. The smallest absolute Gasteiger partial charge is 0.338 e. The highest BCUT2D eigenvalue weighted by Crippen LogP contribution is 2.27. The van der Waals surface area contributed by atoms with E-state index in [4.69, 9.17) is 25.8 Å². The molecule has 0 radical (unpaired) electrons. The van der Waals surface area contributed by atoms with Crippen LogP contribution in [0.1, 0.15) is 30.0 Å². The summed E-state index contributed by atoms with van der Waals surface area (Å²) in [5.41, 5.74) is 0.639. The lowest BCUT2D eigenvalue weighted by Gasteiger charge is -2.11. The number of halogens is 1. The van der Waals surface area contributed by atoms with E-state index in [2.05, 4.69) is 15.5 Å². The molecular formula is C23H25ClN4O5S. The van der Waals surface area contributed by atoms with Crippen LogP contribution in [0.15, 0.2) is 47.6 Å². The third-order valence-electron chi connectivity index (χ3n) is 4.62. The molecule has 0 unspecified atom stereocenters. The Balaban J connectivity index is 1.61. The van der Waals surface area contributed by atoms with Gasteiger partial charge in [-0.05, 0) is 44.2 Å². The second kappa shape index (κ2) is 12.3. The Bertz CT molecular complexity index is 1150. The number of benzene rings is 2. The van der Waals surface area contributed by atoms with Crippen LogP contribution in [-0.2, 0) is 22.7 Å². The lowest BCUT2D eigenvalue weighted by molar-refractivity contribution is -0.113. The standard InChI is InChI=1S/C23H25ClN4O5S/c1-4-28-20(13-33-19-9-7-6-8-18(19)31-3)26-27-23(28)34-14-21(29)25-17-12-15(10-11-16(17)24)22(30)32-5-2/h6-12H,4-5,13-14H2,1-3H3,(H,25,29). The molecule has 3 aromatic rings. The fourth-order valence-electron chi connectivity index (χ4n) is 3.01. The zero-order valence-corrected chi connectivity index (χ0v) is 20.6. The van der Waals surface area contributed by atoms with Crippen LogP contribution in [0.4, 0.5) is 5.69 Å². The average molecular weight is 505 g/mol. The van der Waals surface area contributed by atoms with E-state index in [-0.39, 0.29) is 24.9 Å². The van der Waals surface area contributed by atoms with Crippen molar-refractivity contribution in [3.05, 3.63) is 58.9 Å². The highest BCUT2D eigenvalue weighted by atomic mass is 35.5. The molecule has 2 aromatic carbocycles. The van der Waals surface area contributed by atoms with Crippen molar-refractivity contribution in [2.24, 2.45) is 0 Å². The molecule has 0 aliphatic heterocycles. The molecule has 0 bridgehead atoms. The summed E-state index contributed by atoms with van der Waals surface area (Å²) in [6, 6.07) is 11.9. The molecular weight excluding hydrogens is 480 g/mol. The van der Waals surface area contributed by atoms with Crippen molar-refractivity contribution in [3.63, 3.8) is 0 Å². The number of hydrogen-bond donors (Lipinski definition) is 1. The first kappa shape index (κ1) is 25.4. The topological polar surface area (TPSA) is 105 Å². The number of nitrogens with one attached hydrogen (secondary N) is 1. The van der Waals surface area contributed by atoms with Crippen molar-refractivity contribution >= 4 is 40.9 Å². The second-order valence-corrected chi connectivity index (χ2v) is 8.18. The van der Waals surface area contributed by atoms with Gasteiger partial charge in [0.15, 0.2) is 22.5 Å². The number of carbonyl (C=O) groups excluding carboxylic acids is 2. The molecule has 0 saturated heterocycles. The van der Waals surface area contributed by atoms with E-state index in [1.165, 1.54) is 23.9 Å². The molecule has 180 valence electrons. The van der Waals surface area contributed by atoms with Gasteiger partial charge in [0.1, 0.15) is 6.61 Å². The minimum Gasteiger partial charge on any atom is -0.493 e. The van der Waals surface area contributed by atoms with Gasteiger partial charge in [-0.1, -0.05) is 35.5 Å². The van der Waals surface area contributed by atoms with Gasteiger partial charge in [0.2, 0.25) is 5.91 Å². The van der Waals surface area contributed by atoms with Gasteiger partial charge in [0.25, 0.3) is 0 Å². The molecule has 0 saturated carbocycles. The molecule has 1 amide bonds. The summed E-state index contributed by atoms with van der Waals surface area (Å²) in [6.07, 6.45) is 0. The minimum atomic E-state index is -0.483. The number of thioether (sulfide) groups is 1. The van der Waals surface area contributed by atoms with Crippen molar-refractivity contribution in [3.8, 4) is 11.5 Å². The van der Waals surface area contributed by atoms with Crippen LogP contribution >= 0.6 is 23.4 Å². The number of hydrogen-bond acceptors (Lipinski definition) is 8. The van der Waals surface area contributed by atoms with Crippen LogP contribution < -0.4 is 14.8 Å². The molecule has 0 fully saturated rings. The number of methoxy groups -OCH3 is 1. The van der Waals surface area contributed by atoms with Crippen LogP contribution in [0.25, 0.3) is 0 Å². The molecule has 1 heterocycles. The summed E-state index contributed by atoms with van der Waals surface area (Å²) in [5, 5.41) is 12.0. The monoisotopic (exact) mass is 504 g/mol. The second-order valence-electron chi connectivity index (χ2n) is 6.83.